The maximum atomic E-state index is 13.7. The third-order valence-corrected chi connectivity index (χ3v) is 4.16. The van der Waals surface area contributed by atoms with Gasteiger partial charge in [-0.25, -0.2) is 13.2 Å². The molecule has 0 heterocycles. The van der Waals surface area contributed by atoms with Crippen molar-refractivity contribution in [1.29, 1.82) is 0 Å². The van der Waals surface area contributed by atoms with E-state index in [4.69, 9.17) is 0 Å². The monoisotopic (exact) mass is 409 g/mol. The first-order chi connectivity index (χ1) is 13.6. The maximum absolute atomic E-state index is 13.7. The molecular formula is C21H13F6NO. The van der Waals surface area contributed by atoms with E-state index in [-0.39, 0.29) is 17.7 Å². The smallest absolute Gasteiger partial charge is 0.322 e. The van der Waals surface area contributed by atoms with Crippen LogP contribution in [0.1, 0.15) is 27.0 Å². The number of halogens is 6. The van der Waals surface area contributed by atoms with Crippen LogP contribution in [0.4, 0.5) is 32.0 Å². The first kappa shape index (κ1) is 20.4. The van der Waals surface area contributed by atoms with Crippen molar-refractivity contribution < 1.29 is 31.1 Å². The van der Waals surface area contributed by atoms with Crippen LogP contribution in [0.2, 0.25) is 0 Å². The summed E-state index contributed by atoms with van der Waals surface area (Å²) in [6.07, 6.45) is -4.47. The topological polar surface area (TPSA) is 29.1 Å². The largest absolute Gasteiger partial charge is 0.416 e. The number of carbonyl (C=O) groups is 1. The summed E-state index contributed by atoms with van der Waals surface area (Å²) in [7, 11) is 0. The number of rotatable bonds is 4. The van der Waals surface area contributed by atoms with Crippen molar-refractivity contribution in [2.24, 2.45) is 0 Å². The Labute approximate surface area is 161 Å². The molecule has 0 bridgehead atoms. The summed E-state index contributed by atoms with van der Waals surface area (Å²) in [5.41, 5.74) is -0.869. The molecule has 29 heavy (non-hydrogen) atoms. The molecule has 0 aliphatic rings. The zero-order chi connectivity index (χ0) is 21.2. The molecule has 0 aliphatic carbocycles. The fourth-order valence-electron chi connectivity index (χ4n) is 2.83. The Hall–Kier alpha value is -3.29. The lowest BCUT2D eigenvalue weighted by Crippen LogP contribution is -2.16. The van der Waals surface area contributed by atoms with Gasteiger partial charge >= 0.3 is 6.18 Å². The third-order valence-electron chi connectivity index (χ3n) is 4.16. The average Bonchev–Trinajstić information content (AvgIpc) is 2.62. The molecular weight excluding hydrogens is 396 g/mol. The predicted octanol–water partition coefficient (Wildman–Crippen LogP) is 5.97. The van der Waals surface area contributed by atoms with E-state index in [1.54, 1.807) is 0 Å². The lowest BCUT2D eigenvalue weighted by molar-refractivity contribution is -0.138. The summed E-state index contributed by atoms with van der Waals surface area (Å²) < 4.78 is 79.5. The minimum atomic E-state index is -4.48. The molecule has 0 aromatic heterocycles. The first-order valence-electron chi connectivity index (χ1n) is 8.35. The van der Waals surface area contributed by atoms with E-state index in [0.717, 1.165) is 6.07 Å². The number of hydrogen-bond donors (Lipinski definition) is 1. The quantitative estimate of drug-likeness (QED) is 0.529. The van der Waals surface area contributed by atoms with E-state index in [1.165, 1.54) is 42.5 Å². The average molecular weight is 409 g/mol. The van der Waals surface area contributed by atoms with Crippen LogP contribution in [0.15, 0.2) is 60.7 Å². The molecule has 1 N–H and O–H groups in total. The molecule has 3 aromatic carbocycles. The molecule has 0 aliphatic heterocycles. The zero-order valence-electron chi connectivity index (χ0n) is 14.7. The SMILES string of the molecule is O=C(Nc1ccc(Cc2ccccc2C(F)(F)F)cc1)c1c(F)cc(F)cc1F. The van der Waals surface area contributed by atoms with Gasteiger partial charge in [-0.3, -0.25) is 4.79 Å². The van der Waals surface area contributed by atoms with Crippen molar-refractivity contribution in [3.63, 3.8) is 0 Å². The number of anilines is 1. The number of benzene rings is 3. The van der Waals surface area contributed by atoms with E-state index in [1.807, 2.05) is 0 Å². The summed E-state index contributed by atoms with van der Waals surface area (Å²) >= 11 is 0. The van der Waals surface area contributed by atoms with Gasteiger partial charge in [-0.2, -0.15) is 13.2 Å². The van der Waals surface area contributed by atoms with Gasteiger partial charge in [0.25, 0.3) is 5.91 Å². The number of nitrogens with one attached hydrogen (secondary N) is 1. The molecule has 0 unspecified atom stereocenters. The zero-order valence-corrected chi connectivity index (χ0v) is 14.7. The van der Waals surface area contributed by atoms with Gasteiger partial charge in [-0.15, -0.1) is 0 Å². The Morgan fingerprint density at radius 2 is 1.45 bits per heavy atom. The van der Waals surface area contributed by atoms with Gasteiger partial charge < -0.3 is 5.32 Å². The van der Waals surface area contributed by atoms with Crippen molar-refractivity contribution in [3.05, 3.63) is 100 Å². The lowest BCUT2D eigenvalue weighted by Gasteiger charge is -2.13. The van der Waals surface area contributed by atoms with Gasteiger partial charge in [0.2, 0.25) is 0 Å². The van der Waals surface area contributed by atoms with Crippen molar-refractivity contribution in [2.75, 3.05) is 5.32 Å². The van der Waals surface area contributed by atoms with Crippen LogP contribution < -0.4 is 5.32 Å². The Morgan fingerprint density at radius 1 is 0.862 bits per heavy atom. The van der Waals surface area contributed by atoms with Crippen LogP contribution in [-0.4, -0.2) is 5.91 Å². The highest BCUT2D eigenvalue weighted by atomic mass is 19.4. The van der Waals surface area contributed by atoms with Gasteiger partial charge in [0.15, 0.2) is 0 Å². The van der Waals surface area contributed by atoms with Crippen LogP contribution in [0.25, 0.3) is 0 Å². The molecule has 0 saturated carbocycles. The molecule has 0 saturated heterocycles. The second-order valence-electron chi connectivity index (χ2n) is 6.23. The molecule has 1 amide bonds. The minimum absolute atomic E-state index is 0.00509. The molecule has 150 valence electrons. The summed E-state index contributed by atoms with van der Waals surface area (Å²) in [5.74, 6) is -4.96. The van der Waals surface area contributed by atoms with E-state index >= 15 is 0 Å². The van der Waals surface area contributed by atoms with Gasteiger partial charge in [0.05, 0.1) is 5.56 Å². The molecule has 3 aromatic rings. The number of alkyl halides is 3. The van der Waals surface area contributed by atoms with E-state index in [9.17, 15) is 31.1 Å². The molecule has 2 nitrogen and oxygen atoms in total. The minimum Gasteiger partial charge on any atom is -0.322 e. The third kappa shape index (κ3) is 4.77. The molecule has 8 heteroatoms. The van der Waals surface area contributed by atoms with Gasteiger partial charge in [0, 0.05) is 17.8 Å². The lowest BCUT2D eigenvalue weighted by atomic mass is 9.99. The van der Waals surface area contributed by atoms with Crippen molar-refractivity contribution >= 4 is 11.6 Å². The van der Waals surface area contributed by atoms with E-state index < -0.39 is 40.7 Å². The Bertz CT molecular complexity index is 1020. The van der Waals surface area contributed by atoms with Crippen molar-refractivity contribution in [3.8, 4) is 0 Å². The maximum Gasteiger partial charge on any atom is 0.416 e. The molecule has 3 rings (SSSR count). The number of amides is 1. The second kappa shape index (κ2) is 7.98. The Kier molecular flexibility index (Phi) is 5.63. The highest BCUT2D eigenvalue weighted by Crippen LogP contribution is 2.33. The van der Waals surface area contributed by atoms with E-state index in [2.05, 4.69) is 5.32 Å². The summed E-state index contributed by atoms with van der Waals surface area (Å²) in [6, 6.07) is 11.7. The van der Waals surface area contributed by atoms with Gasteiger partial charge in [-0.1, -0.05) is 30.3 Å². The van der Waals surface area contributed by atoms with Crippen LogP contribution in [-0.2, 0) is 12.6 Å². The fourth-order valence-corrected chi connectivity index (χ4v) is 2.83. The van der Waals surface area contributed by atoms with Crippen molar-refractivity contribution in [2.45, 2.75) is 12.6 Å². The van der Waals surface area contributed by atoms with Crippen LogP contribution in [0.5, 0.6) is 0 Å². The normalized spacial score (nSPS) is 11.4. The van der Waals surface area contributed by atoms with Crippen molar-refractivity contribution in [1.82, 2.24) is 0 Å². The van der Waals surface area contributed by atoms with Crippen LogP contribution >= 0.6 is 0 Å². The summed E-state index contributed by atoms with van der Waals surface area (Å²) in [4.78, 5) is 12.1. The van der Waals surface area contributed by atoms with Gasteiger partial charge in [-0.05, 0) is 35.7 Å². The van der Waals surface area contributed by atoms with Gasteiger partial charge in [0.1, 0.15) is 23.0 Å². The first-order valence-corrected chi connectivity index (χ1v) is 8.35. The molecule has 0 radical (unpaired) electrons. The Balaban J connectivity index is 1.76. The summed E-state index contributed by atoms with van der Waals surface area (Å²) in [5, 5.41) is 2.26. The number of hydrogen-bond acceptors (Lipinski definition) is 1. The second-order valence-corrected chi connectivity index (χ2v) is 6.23. The van der Waals surface area contributed by atoms with Crippen LogP contribution in [0.3, 0.4) is 0 Å². The highest BCUT2D eigenvalue weighted by Gasteiger charge is 2.32. The van der Waals surface area contributed by atoms with Crippen LogP contribution in [0, 0.1) is 17.5 Å². The molecule has 0 fully saturated rings. The Morgan fingerprint density at radius 3 is 2.03 bits per heavy atom. The number of carbonyl (C=O) groups excluding carboxylic acids is 1. The predicted molar refractivity (Wildman–Crippen MR) is 95.0 cm³/mol. The molecule has 0 spiro atoms. The fraction of sp³-hybridized carbons (Fsp3) is 0.0952. The molecule has 0 atom stereocenters. The summed E-state index contributed by atoms with van der Waals surface area (Å²) in [6.45, 7) is 0. The highest BCUT2D eigenvalue weighted by molar-refractivity contribution is 6.04. The van der Waals surface area contributed by atoms with E-state index in [0.29, 0.717) is 17.7 Å². The standard InChI is InChI=1S/C21H13F6NO/c22-14-10-17(23)19(18(24)11-14)20(29)28-15-7-5-12(6-8-15)9-13-3-1-2-4-16(13)21(25,26)27/h1-8,10-11H,9H2,(H,28,29).